The van der Waals surface area contributed by atoms with E-state index in [2.05, 4.69) is 33.0 Å². The molecule has 4 heteroatoms. The summed E-state index contributed by atoms with van der Waals surface area (Å²) in [5.41, 5.74) is 0. The lowest BCUT2D eigenvalue weighted by atomic mass is 9.85. The van der Waals surface area contributed by atoms with Gasteiger partial charge in [-0.05, 0) is 36.4 Å². The first-order valence-corrected chi connectivity index (χ1v) is 6.44. The van der Waals surface area contributed by atoms with Crippen molar-refractivity contribution in [3.63, 3.8) is 0 Å². The first-order chi connectivity index (χ1) is 8.41. The Labute approximate surface area is 108 Å². The molecular formula is C14H23NO3. The van der Waals surface area contributed by atoms with Gasteiger partial charge in [-0.25, -0.2) is 4.79 Å². The Hall–Kier alpha value is -1.29. The first-order valence-electron chi connectivity index (χ1n) is 6.44. The van der Waals surface area contributed by atoms with Gasteiger partial charge in [-0.1, -0.05) is 27.7 Å². The fourth-order valence-electron chi connectivity index (χ4n) is 2.19. The molecule has 1 rings (SSSR count). The monoisotopic (exact) mass is 253 g/mol. The average Bonchev–Trinajstić information content (AvgIpc) is 2.71. The van der Waals surface area contributed by atoms with Crippen molar-refractivity contribution in [1.82, 2.24) is 5.32 Å². The van der Waals surface area contributed by atoms with Gasteiger partial charge in [0.05, 0.1) is 6.54 Å². The van der Waals surface area contributed by atoms with Crippen LogP contribution in [0.15, 0.2) is 16.5 Å². The summed E-state index contributed by atoms with van der Waals surface area (Å²) < 4.78 is 5.19. The lowest BCUT2D eigenvalue weighted by Gasteiger charge is -2.24. The van der Waals surface area contributed by atoms with Crippen LogP contribution in [-0.2, 0) is 6.54 Å². The van der Waals surface area contributed by atoms with Crippen molar-refractivity contribution in [2.75, 3.05) is 6.54 Å². The molecule has 0 aliphatic heterocycles. The predicted octanol–water partition coefficient (Wildman–Crippen LogP) is 3.00. The maximum absolute atomic E-state index is 10.7. The molecule has 0 fully saturated rings. The van der Waals surface area contributed by atoms with E-state index >= 15 is 0 Å². The molecule has 0 saturated carbocycles. The smallest absolute Gasteiger partial charge is 0.371 e. The number of hydrogen-bond acceptors (Lipinski definition) is 3. The van der Waals surface area contributed by atoms with Gasteiger partial charge in [0.15, 0.2) is 0 Å². The van der Waals surface area contributed by atoms with Crippen molar-refractivity contribution in [3.05, 3.63) is 23.7 Å². The summed E-state index contributed by atoms with van der Waals surface area (Å²) in [5.74, 6) is 1.50. The molecule has 18 heavy (non-hydrogen) atoms. The summed E-state index contributed by atoms with van der Waals surface area (Å²) in [5, 5.41) is 12.1. The second kappa shape index (κ2) is 6.59. The fourth-order valence-corrected chi connectivity index (χ4v) is 2.19. The molecule has 0 aliphatic carbocycles. The van der Waals surface area contributed by atoms with E-state index in [-0.39, 0.29) is 5.76 Å². The number of hydrogen-bond donors (Lipinski definition) is 2. The van der Waals surface area contributed by atoms with Crippen LogP contribution in [0.2, 0.25) is 0 Å². The predicted molar refractivity (Wildman–Crippen MR) is 70.5 cm³/mol. The van der Waals surface area contributed by atoms with Crippen LogP contribution in [-0.4, -0.2) is 17.6 Å². The van der Waals surface area contributed by atoms with Crippen LogP contribution in [0, 0.1) is 17.8 Å². The SMILES string of the molecule is CC(C)C(CNCc1ccc(C(=O)O)o1)C(C)C. The largest absolute Gasteiger partial charge is 0.475 e. The highest BCUT2D eigenvalue weighted by Gasteiger charge is 2.17. The van der Waals surface area contributed by atoms with Crippen molar-refractivity contribution in [1.29, 1.82) is 0 Å². The molecule has 1 aromatic heterocycles. The van der Waals surface area contributed by atoms with E-state index in [9.17, 15) is 4.79 Å². The van der Waals surface area contributed by atoms with Crippen molar-refractivity contribution >= 4 is 5.97 Å². The van der Waals surface area contributed by atoms with Gasteiger partial charge in [0.1, 0.15) is 5.76 Å². The number of aromatic carboxylic acids is 1. The number of nitrogens with one attached hydrogen (secondary N) is 1. The minimum absolute atomic E-state index is 0.00364. The molecule has 0 radical (unpaired) electrons. The Morgan fingerprint density at radius 1 is 1.28 bits per heavy atom. The molecule has 0 atom stereocenters. The quantitative estimate of drug-likeness (QED) is 0.784. The van der Waals surface area contributed by atoms with E-state index in [4.69, 9.17) is 9.52 Å². The minimum atomic E-state index is -1.02. The Morgan fingerprint density at radius 3 is 2.33 bits per heavy atom. The third-order valence-electron chi connectivity index (χ3n) is 3.26. The molecule has 1 aromatic rings. The van der Waals surface area contributed by atoms with Crippen LogP contribution >= 0.6 is 0 Å². The first kappa shape index (κ1) is 14.8. The number of carboxylic acid groups (broad SMARTS) is 1. The fraction of sp³-hybridized carbons (Fsp3) is 0.643. The zero-order chi connectivity index (χ0) is 13.7. The topological polar surface area (TPSA) is 62.5 Å². The van der Waals surface area contributed by atoms with Gasteiger partial charge < -0.3 is 14.8 Å². The lowest BCUT2D eigenvalue weighted by Crippen LogP contribution is -2.29. The summed E-state index contributed by atoms with van der Waals surface area (Å²) >= 11 is 0. The van der Waals surface area contributed by atoms with E-state index in [1.165, 1.54) is 6.07 Å². The van der Waals surface area contributed by atoms with E-state index in [0.29, 0.717) is 30.1 Å². The van der Waals surface area contributed by atoms with Gasteiger partial charge in [-0.3, -0.25) is 0 Å². The molecule has 0 bridgehead atoms. The van der Waals surface area contributed by atoms with Gasteiger partial charge in [-0.15, -0.1) is 0 Å². The molecule has 2 N–H and O–H groups in total. The summed E-state index contributed by atoms with van der Waals surface area (Å²) in [6.07, 6.45) is 0. The minimum Gasteiger partial charge on any atom is -0.475 e. The highest BCUT2D eigenvalue weighted by Crippen LogP contribution is 2.19. The number of carbonyl (C=O) groups is 1. The van der Waals surface area contributed by atoms with E-state index in [1.54, 1.807) is 6.07 Å². The molecule has 0 aliphatic rings. The summed E-state index contributed by atoms with van der Waals surface area (Å²) in [4.78, 5) is 10.7. The molecule has 0 saturated heterocycles. The van der Waals surface area contributed by atoms with Gasteiger partial charge >= 0.3 is 5.97 Å². The van der Waals surface area contributed by atoms with Crippen LogP contribution in [0.4, 0.5) is 0 Å². The molecule has 0 spiro atoms. The van der Waals surface area contributed by atoms with E-state index in [0.717, 1.165) is 6.54 Å². The van der Waals surface area contributed by atoms with Crippen molar-refractivity contribution in [2.45, 2.75) is 34.2 Å². The standard InChI is InChI=1S/C14H23NO3/c1-9(2)12(10(3)4)8-15-7-11-5-6-13(18-11)14(16)17/h5-6,9-10,12,15H,7-8H2,1-4H3,(H,16,17). The Morgan fingerprint density at radius 2 is 1.89 bits per heavy atom. The normalized spacial score (nSPS) is 11.7. The third-order valence-corrected chi connectivity index (χ3v) is 3.26. The zero-order valence-electron chi connectivity index (χ0n) is 11.6. The van der Waals surface area contributed by atoms with Gasteiger partial charge in [0.2, 0.25) is 5.76 Å². The van der Waals surface area contributed by atoms with Crippen LogP contribution < -0.4 is 5.32 Å². The molecule has 0 aromatic carbocycles. The number of furan rings is 1. The second-order valence-corrected chi connectivity index (χ2v) is 5.35. The molecule has 0 amide bonds. The maximum Gasteiger partial charge on any atom is 0.371 e. The van der Waals surface area contributed by atoms with Gasteiger partial charge in [-0.2, -0.15) is 0 Å². The van der Waals surface area contributed by atoms with Crippen LogP contribution in [0.25, 0.3) is 0 Å². The van der Waals surface area contributed by atoms with Gasteiger partial charge in [0, 0.05) is 0 Å². The number of rotatable bonds is 7. The van der Waals surface area contributed by atoms with Crippen LogP contribution in [0.1, 0.15) is 44.0 Å². The molecule has 4 nitrogen and oxygen atoms in total. The Kier molecular flexibility index (Phi) is 5.41. The maximum atomic E-state index is 10.7. The summed E-state index contributed by atoms with van der Waals surface area (Å²) in [7, 11) is 0. The van der Waals surface area contributed by atoms with Crippen LogP contribution in [0.5, 0.6) is 0 Å². The Bertz CT molecular complexity index is 374. The van der Waals surface area contributed by atoms with Crippen molar-refractivity contribution < 1.29 is 14.3 Å². The summed E-state index contributed by atoms with van der Waals surface area (Å²) in [6, 6.07) is 3.19. The number of carboxylic acids is 1. The van der Waals surface area contributed by atoms with E-state index in [1.807, 2.05) is 0 Å². The molecular weight excluding hydrogens is 230 g/mol. The second-order valence-electron chi connectivity index (χ2n) is 5.35. The van der Waals surface area contributed by atoms with Crippen LogP contribution in [0.3, 0.4) is 0 Å². The third kappa shape index (κ3) is 4.18. The molecule has 0 unspecified atom stereocenters. The molecule has 102 valence electrons. The van der Waals surface area contributed by atoms with Gasteiger partial charge in [0.25, 0.3) is 0 Å². The van der Waals surface area contributed by atoms with Crippen molar-refractivity contribution in [3.8, 4) is 0 Å². The molecule has 1 heterocycles. The highest BCUT2D eigenvalue weighted by atomic mass is 16.4. The van der Waals surface area contributed by atoms with Crippen molar-refractivity contribution in [2.24, 2.45) is 17.8 Å². The average molecular weight is 253 g/mol. The van der Waals surface area contributed by atoms with E-state index < -0.39 is 5.97 Å². The zero-order valence-corrected chi connectivity index (χ0v) is 11.6. The lowest BCUT2D eigenvalue weighted by molar-refractivity contribution is 0.0660. The highest BCUT2D eigenvalue weighted by molar-refractivity contribution is 5.84. The Balaban J connectivity index is 2.42. The summed E-state index contributed by atoms with van der Waals surface area (Å²) in [6.45, 7) is 10.4.